The zero-order chi connectivity index (χ0) is 12.2. The van der Waals surface area contributed by atoms with Crippen molar-refractivity contribution >= 4 is 0 Å². The predicted octanol–water partition coefficient (Wildman–Crippen LogP) is 2.14. The van der Waals surface area contributed by atoms with Crippen molar-refractivity contribution in [1.82, 2.24) is 4.90 Å². The molecule has 0 aliphatic carbocycles. The summed E-state index contributed by atoms with van der Waals surface area (Å²) < 4.78 is 5.56. The van der Waals surface area contributed by atoms with E-state index in [2.05, 4.69) is 25.8 Å². The fourth-order valence-electron chi connectivity index (χ4n) is 1.42. The molecule has 3 nitrogen and oxygen atoms in total. The largest absolute Gasteiger partial charge is 0.396 e. The van der Waals surface area contributed by atoms with Crippen LogP contribution in [0.3, 0.4) is 0 Å². The number of aliphatic hydroxyl groups is 1. The van der Waals surface area contributed by atoms with Crippen LogP contribution in [-0.4, -0.2) is 50.0 Å². The minimum Gasteiger partial charge on any atom is -0.396 e. The van der Waals surface area contributed by atoms with Gasteiger partial charge >= 0.3 is 0 Å². The molecule has 0 aliphatic rings. The zero-order valence-electron chi connectivity index (χ0n) is 11.2. The van der Waals surface area contributed by atoms with E-state index in [0.29, 0.717) is 6.61 Å². The van der Waals surface area contributed by atoms with Gasteiger partial charge in [0, 0.05) is 19.8 Å². The van der Waals surface area contributed by atoms with Crippen molar-refractivity contribution in [3.63, 3.8) is 0 Å². The molecule has 0 radical (unpaired) electrons. The normalized spacial score (nSPS) is 11.6. The standard InChI is InChI=1S/C13H29NO2/c1-13(2)7-11-16-12-9-14(3)8-5-4-6-10-15/h13,15H,4-12H2,1-3H3. The molecule has 0 heterocycles. The molecule has 0 bridgehead atoms. The highest BCUT2D eigenvalue weighted by atomic mass is 16.5. The molecule has 3 heteroatoms. The maximum atomic E-state index is 8.64. The van der Waals surface area contributed by atoms with Gasteiger partial charge in [0.1, 0.15) is 0 Å². The SMILES string of the molecule is CC(C)CCOCCN(C)CCCCCO. The van der Waals surface area contributed by atoms with Gasteiger partial charge in [0.15, 0.2) is 0 Å². The van der Waals surface area contributed by atoms with Gasteiger partial charge in [-0.25, -0.2) is 0 Å². The van der Waals surface area contributed by atoms with Crippen molar-refractivity contribution in [1.29, 1.82) is 0 Å². The molecule has 0 aliphatic heterocycles. The van der Waals surface area contributed by atoms with E-state index in [0.717, 1.165) is 51.5 Å². The maximum Gasteiger partial charge on any atom is 0.0593 e. The molecule has 98 valence electrons. The second-order valence-electron chi connectivity index (χ2n) is 4.88. The van der Waals surface area contributed by atoms with Gasteiger partial charge in [0.25, 0.3) is 0 Å². The molecule has 0 saturated heterocycles. The highest BCUT2D eigenvalue weighted by Crippen LogP contribution is 1.99. The van der Waals surface area contributed by atoms with E-state index in [4.69, 9.17) is 9.84 Å². The summed E-state index contributed by atoms with van der Waals surface area (Å²) in [5, 5.41) is 8.64. The quantitative estimate of drug-likeness (QED) is 0.553. The summed E-state index contributed by atoms with van der Waals surface area (Å²) in [5.41, 5.74) is 0. The van der Waals surface area contributed by atoms with Gasteiger partial charge in [-0.05, 0) is 45.2 Å². The number of aliphatic hydroxyl groups excluding tert-OH is 1. The molecule has 0 amide bonds. The topological polar surface area (TPSA) is 32.7 Å². The minimum atomic E-state index is 0.321. The van der Waals surface area contributed by atoms with Gasteiger partial charge in [-0.2, -0.15) is 0 Å². The Morgan fingerprint density at radius 3 is 2.44 bits per heavy atom. The van der Waals surface area contributed by atoms with Gasteiger partial charge < -0.3 is 14.7 Å². The maximum absolute atomic E-state index is 8.64. The van der Waals surface area contributed by atoms with Crippen molar-refractivity contribution in [3.05, 3.63) is 0 Å². The zero-order valence-corrected chi connectivity index (χ0v) is 11.2. The van der Waals surface area contributed by atoms with Crippen LogP contribution in [0.5, 0.6) is 0 Å². The third kappa shape index (κ3) is 12.0. The van der Waals surface area contributed by atoms with Crippen LogP contribution in [0.4, 0.5) is 0 Å². The molecule has 1 N–H and O–H groups in total. The third-order valence-corrected chi connectivity index (χ3v) is 2.65. The van der Waals surface area contributed by atoms with Crippen molar-refractivity contribution in [2.24, 2.45) is 5.92 Å². The summed E-state index contributed by atoms with van der Waals surface area (Å²) in [6.07, 6.45) is 4.37. The number of hydrogen-bond donors (Lipinski definition) is 1. The van der Waals surface area contributed by atoms with E-state index in [9.17, 15) is 0 Å². The highest BCUT2D eigenvalue weighted by Gasteiger charge is 1.99. The van der Waals surface area contributed by atoms with Crippen LogP contribution < -0.4 is 0 Å². The number of ether oxygens (including phenoxy) is 1. The highest BCUT2D eigenvalue weighted by molar-refractivity contribution is 4.52. The van der Waals surface area contributed by atoms with E-state index < -0.39 is 0 Å². The van der Waals surface area contributed by atoms with E-state index >= 15 is 0 Å². The summed E-state index contributed by atoms with van der Waals surface area (Å²) in [4.78, 5) is 2.30. The van der Waals surface area contributed by atoms with E-state index in [1.807, 2.05) is 0 Å². The van der Waals surface area contributed by atoms with E-state index in [1.54, 1.807) is 0 Å². The first-order chi connectivity index (χ1) is 7.66. The number of hydrogen-bond acceptors (Lipinski definition) is 3. The molecule has 0 fully saturated rings. The van der Waals surface area contributed by atoms with Crippen LogP contribution in [0.2, 0.25) is 0 Å². The molecular formula is C13H29NO2. The lowest BCUT2D eigenvalue weighted by Crippen LogP contribution is -2.24. The Labute approximate surface area is 101 Å². The molecule has 0 unspecified atom stereocenters. The minimum absolute atomic E-state index is 0.321. The Balaban J connectivity index is 3.14. The lowest BCUT2D eigenvalue weighted by molar-refractivity contribution is 0.102. The molecule has 0 aromatic heterocycles. The molecule has 0 spiro atoms. The average Bonchev–Trinajstić information content (AvgIpc) is 2.23. The Kier molecular flexibility index (Phi) is 11.3. The van der Waals surface area contributed by atoms with E-state index in [-0.39, 0.29) is 0 Å². The van der Waals surface area contributed by atoms with Gasteiger partial charge in [-0.3, -0.25) is 0 Å². The Bertz CT molecular complexity index is 140. The number of unbranched alkanes of at least 4 members (excludes halogenated alkanes) is 2. The molecule has 0 rings (SSSR count). The second kappa shape index (κ2) is 11.4. The third-order valence-electron chi connectivity index (χ3n) is 2.65. The molecule has 0 atom stereocenters. The van der Waals surface area contributed by atoms with Crippen molar-refractivity contribution in [3.8, 4) is 0 Å². The van der Waals surface area contributed by atoms with Crippen molar-refractivity contribution in [2.45, 2.75) is 39.5 Å². The molecule has 16 heavy (non-hydrogen) atoms. The molecule has 0 aromatic carbocycles. The molecular weight excluding hydrogens is 202 g/mol. The Morgan fingerprint density at radius 1 is 1.06 bits per heavy atom. The van der Waals surface area contributed by atoms with Crippen molar-refractivity contribution in [2.75, 3.05) is 40.0 Å². The summed E-state index contributed by atoms with van der Waals surface area (Å²) in [5.74, 6) is 0.733. The monoisotopic (exact) mass is 231 g/mol. The second-order valence-corrected chi connectivity index (χ2v) is 4.88. The Morgan fingerprint density at radius 2 is 1.81 bits per heavy atom. The number of nitrogens with zero attached hydrogens (tertiary/aromatic N) is 1. The fraction of sp³-hybridized carbons (Fsp3) is 1.00. The average molecular weight is 231 g/mol. The van der Waals surface area contributed by atoms with Crippen LogP contribution in [0, 0.1) is 5.92 Å². The van der Waals surface area contributed by atoms with Crippen LogP contribution in [0.25, 0.3) is 0 Å². The fourth-order valence-corrected chi connectivity index (χ4v) is 1.42. The summed E-state index contributed by atoms with van der Waals surface area (Å²) in [6, 6.07) is 0. The smallest absolute Gasteiger partial charge is 0.0593 e. The van der Waals surface area contributed by atoms with Crippen LogP contribution in [-0.2, 0) is 4.74 Å². The van der Waals surface area contributed by atoms with Crippen LogP contribution >= 0.6 is 0 Å². The van der Waals surface area contributed by atoms with Gasteiger partial charge in [0.2, 0.25) is 0 Å². The van der Waals surface area contributed by atoms with E-state index in [1.165, 1.54) is 6.42 Å². The summed E-state index contributed by atoms with van der Waals surface area (Å²) in [7, 11) is 2.13. The van der Waals surface area contributed by atoms with Crippen molar-refractivity contribution < 1.29 is 9.84 Å². The van der Waals surface area contributed by atoms with Gasteiger partial charge in [0.05, 0.1) is 6.61 Å². The first-order valence-corrected chi connectivity index (χ1v) is 6.54. The molecule has 0 saturated carbocycles. The van der Waals surface area contributed by atoms with Gasteiger partial charge in [-0.15, -0.1) is 0 Å². The lowest BCUT2D eigenvalue weighted by Gasteiger charge is -2.16. The van der Waals surface area contributed by atoms with Crippen LogP contribution in [0.1, 0.15) is 39.5 Å². The van der Waals surface area contributed by atoms with Gasteiger partial charge in [-0.1, -0.05) is 13.8 Å². The Hall–Kier alpha value is -0.120. The predicted molar refractivity (Wildman–Crippen MR) is 68.7 cm³/mol. The summed E-state index contributed by atoms with van der Waals surface area (Å²) >= 11 is 0. The lowest BCUT2D eigenvalue weighted by atomic mass is 10.1. The first kappa shape index (κ1) is 15.9. The summed E-state index contributed by atoms with van der Waals surface area (Å²) in [6.45, 7) is 8.60. The molecule has 0 aromatic rings. The van der Waals surface area contributed by atoms with Crippen LogP contribution in [0.15, 0.2) is 0 Å². The number of likely N-dealkylation sites (N-methyl/N-ethyl adjacent to an activating group) is 1. The number of rotatable bonds is 11. The first-order valence-electron chi connectivity index (χ1n) is 6.54.